The lowest BCUT2D eigenvalue weighted by Gasteiger charge is -2.26. The number of fused-ring (bicyclic) bond motifs is 1. The lowest BCUT2D eigenvalue weighted by molar-refractivity contribution is 0.0319. The van der Waals surface area contributed by atoms with Crippen LogP contribution in [0, 0.1) is 0 Å². The maximum atomic E-state index is 13.0. The van der Waals surface area contributed by atoms with Crippen molar-refractivity contribution >= 4 is 0 Å². The van der Waals surface area contributed by atoms with E-state index in [1.54, 1.807) is 31.0 Å². The second kappa shape index (κ2) is 10.9. The van der Waals surface area contributed by atoms with Crippen LogP contribution in [0.25, 0.3) is 22.9 Å². The third-order valence-electron chi connectivity index (χ3n) is 6.99. The van der Waals surface area contributed by atoms with Crippen molar-refractivity contribution in [2.24, 2.45) is 7.05 Å². The van der Waals surface area contributed by atoms with Gasteiger partial charge in [-0.05, 0) is 25.0 Å². The molecule has 198 valence electrons. The van der Waals surface area contributed by atoms with E-state index in [2.05, 4.69) is 14.9 Å². The molecule has 3 heterocycles. The zero-order chi connectivity index (χ0) is 25.9. The monoisotopic (exact) mass is 512 g/mol. The Bertz CT molecular complexity index is 1320. The highest BCUT2D eigenvalue weighted by molar-refractivity contribution is 5.68. The van der Waals surface area contributed by atoms with Gasteiger partial charge in [0.15, 0.2) is 28.8 Å². The van der Waals surface area contributed by atoms with Crippen LogP contribution in [0.1, 0.15) is 31.7 Å². The highest BCUT2D eigenvalue weighted by Crippen LogP contribution is 2.41. The molecule has 0 N–H and O–H groups in total. The Morgan fingerprint density at radius 1 is 1.03 bits per heavy atom. The minimum atomic E-state index is -0.623. The molecule has 0 radical (unpaired) electrons. The fraction of sp³-hybridized carbons (Fsp3) is 0.560. The third-order valence-corrected chi connectivity index (χ3v) is 6.99. The van der Waals surface area contributed by atoms with Crippen molar-refractivity contribution in [3.63, 3.8) is 0 Å². The zero-order valence-electron chi connectivity index (χ0n) is 21.4. The van der Waals surface area contributed by atoms with Gasteiger partial charge in [-0.2, -0.15) is 10.1 Å². The summed E-state index contributed by atoms with van der Waals surface area (Å²) in [6.07, 6.45) is 3.88. The molecule has 12 nitrogen and oxygen atoms in total. The Morgan fingerprint density at radius 2 is 1.70 bits per heavy atom. The van der Waals surface area contributed by atoms with Gasteiger partial charge in [-0.1, -0.05) is 12.8 Å². The number of aromatic nitrogens is 5. The summed E-state index contributed by atoms with van der Waals surface area (Å²) in [5.74, 6) is 1.95. The molecule has 1 aliphatic carbocycles. The largest absolute Gasteiger partial charge is 0.493 e. The first-order valence-electron chi connectivity index (χ1n) is 12.6. The summed E-state index contributed by atoms with van der Waals surface area (Å²) in [5.41, 5.74) is -0.436. The molecule has 5 rings (SSSR count). The van der Waals surface area contributed by atoms with E-state index in [1.807, 2.05) is 0 Å². The molecule has 1 saturated heterocycles. The SMILES string of the molecule is COc1cc(-c2nc3c(=O)n(C)c(=O)nc-3n(C3CCCC3)n2)cc(OC)c1OCCN1CCOCC1. The molecular weight excluding hydrogens is 480 g/mol. The van der Waals surface area contributed by atoms with Gasteiger partial charge >= 0.3 is 5.69 Å². The summed E-state index contributed by atoms with van der Waals surface area (Å²) in [4.78, 5) is 36.2. The molecule has 4 aliphatic rings. The second-order valence-corrected chi connectivity index (χ2v) is 9.26. The van der Waals surface area contributed by atoms with Crippen LogP contribution < -0.4 is 25.5 Å². The first-order valence-corrected chi connectivity index (χ1v) is 12.6. The number of methoxy groups -OCH3 is 2. The van der Waals surface area contributed by atoms with Crippen LogP contribution in [-0.4, -0.2) is 82.9 Å². The second-order valence-electron chi connectivity index (χ2n) is 9.26. The van der Waals surface area contributed by atoms with Crippen LogP contribution in [0.2, 0.25) is 0 Å². The van der Waals surface area contributed by atoms with E-state index in [0.29, 0.717) is 35.2 Å². The van der Waals surface area contributed by atoms with E-state index in [0.717, 1.165) is 63.1 Å². The van der Waals surface area contributed by atoms with Crippen LogP contribution in [0.3, 0.4) is 0 Å². The Hall–Kier alpha value is -3.51. The fourth-order valence-corrected chi connectivity index (χ4v) is 4.87. The van der Waals surface area contributed by atoms with Crippen molar-refractivity contribution in [3.05, 3.63) is 33.0 Å². The minimum Gasteiger partial charge on any atom is -0.493 e. The van der Waals surface area contributed by atoms with E-state index < -0.39 is 11.2 Å². The summed E-state index contributed by atoms with van der Waals surface area (Å²) in [6.45, 7) is 4.41. The van der Waals surface area contributed by atoms with Gasteiger partial charge in [-0.15, -0.1) is 0 Å². The summed E-state index contributed by atoms with van der Waals surface area (Å²) in [7, 11) is 4.51. The zero-order valence-corrected chi connectivity index (χ0v) is 21.4. The van der Waals surface area contributed by atoms with Gasteiger partial charge in [0.25, 0.3) is 5.56 Å². The maximum Gasteiger partial charge on any atom is 0.352 e. The van der Waals surface area contributed by atoms with Gasteiger partial charge in [0.2, 0.25) is 5.75 Å². The number of morpholine rings is 1. The molecule has 1 saturated carbocycles. The van der Waals surface area contributed by atoms with E-state index in [9.17, 15) is 9.59 Å². The maximum absolute atomic E-state index is 13.0. The Labute approximate surface area is 214 Å². The molecule has 0 spiro atoms. The van der Waals surface area contributed by atoms with Gasteiger partial charge in [0.1, 0.15) is 6.61 Å². The fourth-order valence-electron chi connectivity index (χ4n) is 4.87. The lowest BCUT2D eigenvalue weighted by Crippen LogP contribution is -2.38. The number of hydrogen-bond donors (Lipinski definition) is 0. The van der Waals surface area contributed by atoms with Gasteiger partial charge in [-0.25, -0.2) is 14.5 Å². The van der Waals surface area contributed by atoms with Crippen LogP contribution >= 0.6 is 0 Å². The minimum absolute atomic E-state index is 0.0369. The number of nitrogens with zero attached hydrogens (tertiary/aromatic N) is 6. The van der Waals surface area contributed by atoms with Crippen molar-refractivity contribution in [2.75, 3.05) is 53.7 Å². The predicted octanol–water partition coefficient (Wildman–Crippen LogP) is 1.35. The Morgan fingerprint density at radius 3 is 2.35 bits per heavy atom. The van der Waals surface area contributed by atoms with Crippen LogP contribution in [-0.2, 0) is 11.8 Å². The molecule has 37 heavy (non-hydrogen) atoms. The molecule has 2 fully saturated rings. The van der Waals surface area contributed by atoms with Crippen molar-refractivity contribution in [3.8, 4) is 40.2 Å². The topological polar surface area (TPSA) is 123 Å². The van der Waals surface area contributed by atoms with Crippen molar-refractivity contribution < 1.29 is 18.9 Å². The lowest BCUT2D eigenvalue weighted by atomic mass is 10.1. The van der Waals surface area contributed by atoms with Crippen molar-refractivity contribution in [1.82, 2.24) is 29.2 Å². The van der Waals surface area contributed by atoms with Crippen molar-refractivity contribution in [1.29, 1.82) is 0 Å². The normalized spacial score (nSPS) is 16.8. The quantitative estimate of drug-likeness (QED) is 0.437. The number of ether oxygens (including phenoxy) is 4. The van der Waals surface area contributed by atoms with Crippen LogP contribution in [0.4, 0.5) is 0 Å². The molecule has 0 atom stereocenters. The van der Waals surface area contributed by atoms with E-state index in [4.69, 9.17) is 24.0 Å². The standard InChI is InChI=1S/C25H32N6O6/c1-29-24(32)20-23(27-25(29)33)31(17-6-4-5-7-17)28-22(26-20)16-14-18(34-2)21(19(15-16)35-3)37-13-10-30-8-11-36-12-9-30/h14-15,17H,4-13H2,1-3H3. The van der Waals surface area contributed by atoms with Gasteiger partial charge in [0, 0.05) is 32.2 Å². The first-order chi connectivity index (χ1) is 18.0. The molecule has 1 aromatic rings. The summed E-state index contributed by atoms with van der Waals surface area (Å²) in [5, 5.41) is 4.75. The number of benzene rings is 1. The van der Waals surface area contributed by atoms with E-state index in [1.165, 1.54) is 7.05 Å². The molecule has 0 aromatic heterocycles. The van der Waals surface area contributed by atoms with Crippen LogP contribution in [0.15, 0.2) is 21.7 Å². The highest BCUT2D eigenvalue weighted by atomic mass is 16.5. The molecule has 0 bridgehead atoms. The molecule has 0 amide bonds. The smallest absolute Gasteiger partial charge is 0.352 e. The summed E-state index contributed by atoms with van der Waals surface area (Å²) in [6, 6.07) is 3.58. The number of rotatable bonds is 8. The molecule has 1 aromatic carbocycles. The van der Waals surface area contributed by atoms with E-state index in [-0.39, 0.29) is 17.6 Å². The van der Waals surface area contributed by atoms with Crippen molar-refractivity contribution in [2.45, 2.75) is 31.7 Å². The van der Waals surface area contributed by atoms with Gasteiger partial charge in [0.05, 0.1) is 33.5 Å². The molecule has 3 aliphatic heterocycles. The average molecular weight is 513 g/mol. The predicted molar refractivity (Wildman–Crippen MR) is 135 cm³/mol. The molecule has 12 heteroatoms. The highest BCUT2D eigenvalue weighted by Gasteiger charge is 2.28. The third kappa shape index (κ3) is 5.03. The molecular formula is C25H32N6O6. The summed E-state index contributed by atoms with van der Waals surface area (Å²) >= 11 is 0. The average Bonchev–Trinajstić information content (AvgIpc) is 3.47. The van der Waals surface area contributed by atoms with Gasteiger partial charge < -0.3 is 18.9 Å². The Kier molecular flexibility index (Phi) is 7.38. The van der Waals surface area contributed by atoms with Crippen LogP contribution in [0.5, 0.6) is 17.2 Å². The first kappa shape index (κ1) is 25.2. The van der Waals surface area contributed by atoms with E-state index >= 15 is 0 Å². The number of hydrogen-bond acceptors (Lipinski definition) is 10. The summed E-state index contributed by atoms with van der Waals surface area (Å²) < 4.78 is 25.4. The molecule has 0 unspecified atom stereocenters. The Balaban J connectivity index is 1.54. The van der Waals surface area contributed by atoms with Gasteiger partial charge in [-0.3, -0.25) is 14.3 Å².